The summed E-state index contributed by atoms with van der Waals surface area (Å²) in [7, 11) is 0. The van der Waals surface area contributed by atoms with Gasteiger partial charge in [0.05, 0.1) is 6.61 Å². The van der Waals surface area contributed by atoms with Crippen molar-refractivity contribution in [2.24, 2.45) is 5.92 Å². The summed E-state index contributed by atoms with van der Waals surface area (Å²) >= 11 is -2.02. The molecular formula is C11H13O3S-. The average Bonchev–Trinajstić information content (AvgIpc) is 2.99. The van der Waals surface area contributed by atoms with Crippen molar-refractivity contribution < 1.29 is 13.5 Å². The molecule has 1 fully saturated rings. The molecular weight excluding hydrogens is 212 g/mol. The van der Waals surface area contributed by atoms with Crippen molar-refractivity contribution in [2.75, 3.05) is 6.61 Å². The van der Waals surface area contributed by atoms with Crippen LogP contribution in [0.2, 0.25) is 0 Å². The zero-order chi connectivity index (χ0) is 10.7. The first-order valence-corrected chi connectivity index (χ1v) is 6.26. The van der Waals surface area contributed by atoms with Crippen LogP contribution in [-0.2, 0) is 16.8 Å². The Kier molecular flexibility index (Phi) is 3.38. The van der Waals surface area contributed by atoms with E-state index in [-0.39, 0.29) is 5.75 Å². The van der Waals surface area contributed by atoms with E-state index in [1.54, 1.807) is 12.1 Å². The molecule has 0 aliphatic heterocycles. The monoisotopic (exact) mass is 225 g/mol. The molecule has 0 heterocycles. The second-order valence-electron chi connectivity index (χ2n) is 3.85. The van der Waals surface area contributed by atoms with E-state index in [1.165, 1.54) is 12.8 Å². The summed E-state index contributed by atoms with van der Waals surface area (Å²) in [6.07, 6.45) is 2.54. The van der Waals surface area contributed by atoms with E-state index < -0.39 is 11.1 Å². The van der Waals surface area contributed by atoms with Gasteiger partial charge in [-0.2, -0.15) is 0 Å². The molecule has 4 heteroatoms. The van der Waals surface area contributed by atoms with E-state index in [0.717, 1.165) is 23.8 Å². The van der Waals surface area contributed by atoms with E-state index >= 15 is 0 Å². The van der Waals surface area contributed by atoms with Gasteiger partial charge in [0.1, 0.15) is 5.75 Å². The second-order valence-corrected chi connectivity index (χ2v) is 4.74. The Morgan fingerprint density at radius 1 is 1.33 bits per heavy atom. The first-order chi connectivity index (χ1) is 7.24. The molecule has 2 rings (SSSR count). The smallest absolute Gasteiger partial charge is 0.119 e. The van der Waals surface area contributed by atoms with Crippen molar-refractivity contribution in [1.82, 2.24) is 0 Å². The molecule has 0 spiro atoms. The van der Waals surface area contributed by atoms with Crippen LogP contribution in [0.1, 0.15) is 18.4 Å². The summed E-state index contributed by atoms with van der Waals surface area (Å²) in [5, 5.41) is 0. The number of benzene rings is 1. The minimum Gasteiger partial charge on any atom is -0.772 e. The fourth-order valence-electron chi connectivity index (χ4n) is 1.32. The summed E-state index contributed by atoms with van der Waals surface area (Å²) < 4.78 is 26.4. The normalized spacial score (nSPS) is 17.4. The lowest BCUT2D eigenvalue weighted by Crippen LogP contribution is -1.99. The molecule has 0 aromatic heterocycles. The highest BCUT2D eigenvalue weighted by atomic mass is 32.2. The Morgan fingerprint density at radius 2 is 2.00 bits per heavy atom. The van der Waals surface area contributed by atoms with E-state index in [0.29, 0.717) is 0 Å². The number of ether oxygens (including phenoxy) is 1. The molecule has 82 valence electrons. The lowest BCUT2D eigenvalue weighted by molar-refractivity contribution is 0.299. The highest BCUT2D eigenvalue weighted by Crippen LogP contribution is 2.29. The summed E-state index contributed by atoms with van der Waals surface area (Å²) in [6, 6.07) is 7.23. The third kappa shape index (κ3) is 3.64. The molecule has 15 heavy (non-hydrogen) atoms. The number of hydrogen-bond acceptors (Lipinski definition) is 3. The van der Waals surface area contributed by atoms with Gasteiger partial charge in [0, 0.05) is 5.75 Å². The SMILES string of the molecule is O=S([O-])Cc1ccc(OCC2CC2)cc1. The molecule has 1 aromatic rings. The molecule has 1 unspecified atom stereocenters. The quantitative estimate of drug-likeness (QED) is 0.719. The molecule has 1 aromatic carbocycles. The van der Waals surface area contributed by atoms with Gasteiger partial charge in [-0.1, -0.05) is 23.2 Å². The van der Waals surface area contributed by atoms with Crippen LogP contribution in [0.15, 0.2) is 24.3 Å². The number of hydrogen-bond donors (Lipinski definition) is 0. The Balaban J connectivity index is 1.87. The van der Waals surface area contributed by atoms with Gasteiger partial charge in [0.2, 0.25) is 0 Å². The first-order valence-electron chi connectivity index (χ1n) is 5.01. The van der Waals surface area contributed by atoms with Crippen LogP contribution in [0, 0.1) is 5.92 Å². The largest absolute Gasteiger partial charge is 0.772 e. The van der Waals surface area contributed by atoms with Crippen LogP contribution in [-0.4, -0.2) is 15.4 Å². The van der Waals surface area contributed by atoms with E-state index in [1.807, 2.05) is 12.1 Å². The van der Waals surface area contributed by atoms with Crippen molar-refractivity contribution in [3.8, 4) is 5.75 Å². The van der Waals surface area contributed by atoms with Crippen LogP contribution < -0.4 is 4.74 Å². The van der Waals surface area contributed by atoms with Crippen molar-refractivity contribution in [3.05, 3.63) is 29.8 Å². The maximum absolute atomic E-state index is 10.4. The molecule has 0 saturated heterocycles. The Labute approximate surface area is 91.7 Å². The fraction of sp³-hybridized carbons (Fsp3) is 0.455. The molecule has 0 amide bonds. The zero-order valence-corrected chi connectivity index (χ0v) is 9.16. The van der Waals surface area contributed by atoms with Crippen LogP contribution in [0.4, 0.5) is 0 Å². The molecule has 3 nitrogen and oxygen atoms in total. The molecule has 1 saturated carbocycles. The summed E-state index contributed by atoms with van der Waals surface area (Å²) in [5.41, 5.74) is 0.794. The van der Waals surface area contributed by atoms with Gasteiger partial charge in [-0.05, 0) is 36.5 Å². The van der Waals surface area contributed by atoms with E-state index in [9.17, 15) is 8.76 Å². The topological polar surface area (TPSA) is 49.4 Å². The minimum absolute atomic E-state index is 0.0723. The molecule has 1 atom stereocenters. The summed E-state index contributed by atoms with van der Waals surface area (Å²) in [5.74, 6) is 1.63. The molecule has 0 bridgehead atoms. The van der Waals surface area contributed by atoms with Crippen molar-refractivity contribution >= 4 is 11.1 Å². The van der Waals surface area contributed by atoms with Gasteiger partial charge in [-0.15, -0.1) is 0 Å². The lowest BCUT2D eigenvalue weighted by atomic mass is 10.2. The average molecular weight is 225 g/mol. The highest BCUT2D eigenvalue weighted by Gasteiger charge is 2.21. The zero-order valence-electron chi connectivity index (χ0n) is 8.35. The third-order valence-corrected chi connectivity index (χ3v) is 2.96. The highest BCUT2D eigenvalue weighted by molar-refractivity contribution is 7.78. The molecule has 1 aliphatic rings. The van der Waals surface area contributed by atoms with Crippen LogP contribution in [0.5, 0.6) is 5.75 Å². The maximum atomic E-state index is 10.4. The van der Waals surface area contributed by atoms with Crippen LogP contribution >= 0.6 is 0 Å². The van der Waals surface area contributed by atoms with Crippen LogP contribution in [0.3, 0.4) is 0 Å². The van der Waals surface area contributed by atoms with Gasteiger partial charge < -0.3 is 9.29 Å². The third-order valence-electron chi connectivity index (χ3n) is 2.39. The van der Waals surface area contributed by atoms with Crippen molar-refractivity contribution in [2.45, 2.75) is 18.6 Å². The first kappa shape index (κ1) is 10.6. The standard InChI is InChI=1S/C11H14O3S/c12-15(13)8-10-3-5-11(6-4-10)14-7-9-1-2-9/h3-6,9H,1-2,7-8H2,(H,12,13)/p-1. The summed E-state index contributed by atoms with van der Waals surface area (Å²) in [4.78, 5) is 0. The molecule has 0 N–H and O–H groups in total. The molecule has 1 aliphatic carbocycles. The van der Waals surface area contributed by atoms with Crippen molar-refractivity contribution in [1.29, 1.82) is 0 Å². The Morgan fingerprint density at radius 3 is 2.53 bits per heavy atom. The van der Waals surface area contributed by atoms with Gasteiger partial charge in [-0.3, -0.25) is 4.21 Å². The predicted octanol–water partition coefficient (Wildman–Crippen LogP) is 1.85. The van der Waals surface area contributed by atoms with E-state index in [2.05, 4.69) is 0 Å². The predicted molar refractivity (Wildman–Crippen MR) is 57.3 cm³/mol. The second kappa shape index (κ2) is 4.77. The van der Waals surface area contributed by atoms with Gasteiger partial charge in [0.15, 0.2) is 0 Å². The number of rotatable bonds is 5. The maximum Gasteiger partial charge on any atom is 0.119 e. The Hall–Kier alpha value is -0.870. The van der Waals surface area contributed by atoms with Gasteiger partial charge >= 0.3 is 0 Å². The van der Waals surface area contributed by atoms with Gasteiger partial charge in [0.25, 0.3) is 0 Å². The molecule has 0 radical (unpaired) electrons. The Bertz CT molecular complexity index is 343. The fourth-order valence-corrected chi connectivity index (χ4v) is 1.78. The lowest BCUT2D eigenvalue weighted by Gasteiger charge is -2.07. The van der Waals surface area contributed by atoms with Crippen LogP contribution in [0.25, 0.3) is 0 Å². The minimum atomic E-state index is -2.02. The summed E-state index contributed by atoms with van der Waals surface area (Å²) in [6.45, 7) is 0.785. The van der Waals surface area contributed by atoms with Crippen molar-refractivity contribution in [3.63, 3.8) is 0 Å². The van der Waals surface area contributed by atoms with Gasteiger partial charge in [-0.25, -0.2) is 0 Å². The van der Waals surface area contributed by atoms with E-state index in [4.69, 9.17) is 4.74 Å².